The fourth-order valence-electron chi connectivity index (χ4n) is 2.12. The van der Waals surface area contributed by atoms with Gasteiger partial charge in [-0.15, -0.1) is 0 Å². The molecule has 0 aromatic heterocycles. The number of amidine groups is 1. The molecule has 0 aromatic rings. The Balaban J connectivity index is 1.82. The molecule has 0 spiro atoms. The van der Waals surface area contributed by atoms with Crippen LogP contribution in [-0.2, 0) is 0 Å². The first-order valence-electron chi connectivity index (χ1n) is 5.34. The average Bonchev–Trinajstić information content (AvgIpc) is 2.54. The fraction of sp³-hybridized carbons (Fsp3) is 0.900. The van der Waals surface area contributed by atoms with Gasteiger partial charge in [0.1, 0.15) is 5.84 Å². The molecule has 3 heteroatoms. The summed E-state index contributed by atoms with van der Waals surface area (Å²) < 4.78 is 0. The third kappa shape index (κ3) is 2.21. The summed E-state index contributed by atoms with van der Waals surface area (Å²) in [5.41, 5.74) is 0. The Kier molecular flexibility index (Phi) is 2.83. The number of hydrogen-bond donors (Lipinski definition) is 1. The minimum Gasteiger partial charge on any atom is -0.362 e. The van der Waals surface area contributed by atoms with Gasteiger partial charge in [-0.3, -0.25) is 4.99 Å². The fourth-order valence-corrected chi connectivity index (χ4v) is 2.12. The molecule has 1 unspecified atom stereocenters. The van der Waals surface area contributed by atoms with E-state index in [0.717, 1.165) is 19.5 Å². The number of nitrogens with one attached hydrogen (secondary N) is 1. The molecule has 13 heavy (non-hydrogen) atoms. The van der Waals surface area contributed by atoms with Gasteiger partial charge in [0.05, 0.1) is 6.54 Å². The van der Waals surface area contributed by atoms with Gasteiger partial charge in [0.25, 0.3) is 0 Å². The number of aliphatic imine (C=N–C) groups is 1. The molecular formula is C10H19N3. The predicted molar refractivity (Wildman–Crippen MR) is 55.2 cm³/mol. The lowest BCUT2D eigenvalue weighted by molar-refractivity contribution is 0.400. The lowest BCUT2D eigenvalue weighted by Crippen LogP contribution is -2.38. The minimum atomic E-state index is 0.688. The number of nitrogens with zero attached hydrogens (tertiary/aromatic N) is 2. The Morgan fingerprint density at radius 1 is 1.54 bits per heavy atom. The van der Waals surface area contributed by atoms with Crippen LogP contribution in [0.2, 0.25) is 0 Å². The van der Waals surface area contributed by atoms with Gasteiger partial charge in [-0.25, -0.2) is 0 Å². The first-order valence-corrected chi connectivity index (χ1v) is 5.34. The molecule has 2 aliphatic rings. The lowest BCUT2D eigenvalue weighted by Gasteiger charge is -2.25. The molecule has 74 valence electrons. The highest BCUT2D eigenvalue weighted by Crippen LogP contribution is 2.13. The van der Waals surface area contributed by atoms with Crippen LogP contribution in [0.4, 0.5) is 0 Å². The number of hydrogen-bond acceptors (Lipinski definition) is 3. The Bertz CT molecular complexity index is 194. The lowest BCUT2D eigenvalue weighted by atomic mass is 10.0. The first-order chi connectivity index (χ1) is 6.36. The topological polar surface area (TPSA) is 27.6 Å². The standard InChI is InChI=1S/C10H19N3/c1-13-7-6-12-10(13)8-9-4-2-3-5-11-9/h9,11H,2-8H2,1H3. The highest BCUT2D eigenvalue weighted by atomic mass is 15.2. The van der Waals surface area contributed by atoms with Crippen molar-refractivity contribution in [3.8, 4) is 0 Å². The van der Waals surface area contributed by atoms with E-state index in [1.807, 2.05) is 0 Å². The van der Waals surface area contributed by atoms with E-state index in [1.165, 1.54) is 31.6 Å². The summed E-state index contributed by atoms with van der Waals surface area (Å²) in [4.78, 5) is 6.80. The molecule has 2 heterocycles. The molecule has 0 aliphatic carbocycles. The Morgan fingerprint density at radius 2 is 2.46 bits per heavy atom. The van der Waals surface area contributed by atoms with Gasteiger partial charge in [-0.1, -0.05) is 6.42 Å². The zero-order chi connectivity index (χ0) is 9.10. The van der Waals surface area contributed by atoms with Gasteiger partial charge in [0.15, 0.2) is 0 Å². The molecule has 2 aliphatic heterocycles. The second-order valence-corrected chi connectivity index (χ2v) is 4.07. The van der Waals surface area contributed by atoms with Gasteiger partial charge >= 0.3 is 0 Å². The van der Waals surface area contributed by atoms with E-state index in [4.69, 9.17) is 0 Å². The van der Waals surface area contributed by atoms with Gasteiger partial charge in [-0.2, -0.15) is 0 Å². The van der Waals surface area contributed by atoms with Gasteiger partial charge in [-0.05, 0) is 19.4 Å². The van der Waals surface area contributed by atoms with E-state index in [1.54, 1.807) is 0 Å². The van der Waals surface area contributed by atoms with Crippen molar-refractivity contribution in [2.24, 2.45) is 4.99 Å². The Labute approximate surface area is 80.2 Å². The van der Waals surface area contributed by atoms with Crippen LogP contribution >= 0.6 is 0 Å². The first kappa shape index (κ1) is 9.00. The van der Waals surface area contributed by atoms with Gasteiger partial charge < -0.3 is 10.2 Å². The number of piperidine rings is 1. The monoisotopic (exact) mass is 181 g/mol. The van der Waals surface area contributed by atoms with E-state index in [9.17, 15) is 0 Å². The largest absolute Gasteiger partial charge is 0.362 e. The van der Waals surface area contributed by atoms with Crippen molar-refractivity contribution in [3.05, 3.63) is 0 Å². The maximum atomic E-state index is 4.51. The van der Waals surface area contributed by atoms with Crippen LogP contribution in [0.3, 0.4) is 0 Å². The zero-order valence-corrected chi connectivity index (χ0v) is 8.42. The average molecular weight is 181 g/mol. The van der Waals surface area contributed by atoms with Gasteiger partial charge in [0, 0.05) is 26.1 Å². The molecular weight excluding hydrogens is 162 g/mol. The molecule has 1 fully saturated rings. The van der Waals surface area contributed by atoms with Crippen LogP contribution in [0.15, 0.2) is 4.99 Å². The third-order valence-electron chi connectivity index (χ3n) is 3.01. The number of likely N-dealkylation sites (N-methyl/N-ethyl adjacent to an activating group) is 1. The molecule has 1 atom stereocenters. The molecule has 2 rings (SSSR count). The highest BCUT2D eigenvalue weighted by Gasteiger charge is 2.19. The second-order valence-electron chi connectivity index (χ2n) is 4.07. The van der Waals surface area contributed by atoms with E-state index in [2.05, 4.69) is 22.3 Å². The van der Waals surface area contributed by atoms with Crippen LogP contribution in [0.1, 0.15) is 25.7 Å². The quantitative estimate of drug-likeness (QED) is 0.684. The molecule has 3 nitrogen and oxygen atoms in total. The van der Waals surface area contributed by atoms with Crippen LogP contribution in [-0.4, -0.2) is 43.5 Å². The molecule has 1 saturated heterocycles. The number of rotatable bonds is 2. The second kappa shape index (κ2) is 4.09. The summed E-state index contributed by atoms with van der Waals surface area (Å²) in [7, 11) is 2.15. The maximum absolute atomic E-state index is 4.51. The minimum absolute atomic E-state index is 0.688. The highest BCUT2D eigenvalue weighted by molar-refractivity contribution is 5.84. The van der Waals surface area contributed by atoms with E-state index in [-0.39, 0.29) is 0 Å². The summed E-state index contributed by atoms with van der Waals surface area (Å²) >= 11 is 0. The summed E-state index contributed by atoms with van der Waals surface area (Å²) in [5.74, 6) is 1.31. The van der Waals surface area contributed by atoms with Crippen LogP contribution in [0, 0.1) is 0 Å². The van der Waals surface area contributed by atoms with Crippen molar-refractivity contribution < 1.29 is 0 Å². The Morgan fingerprint density at radius 3 is 3.08 bits per heavy atom. The van der Waals surface area contributed by atoms with Crippen LogP contribution in [0.5, 0.6) is 0 Å². The van der Waals surface area contributed by atoms with Crippen molar-refractivity contribution in [2.45, 2.75) is 31.7 Å². The van der Waals surface area contributed by atoms with E-state index in [0.29, 0.717) is 6.04 Å². The predicted octanol–water partition coefficient (Wildman–Crippen LogP) is 0.862. The van der Waals surface area contributed by atoms with Crippen molar-refractivity contribution >= 4 is 5.84 Å². The molecule has 0 aromatic carbocycles. The zero-order valence-electron chi connectivity index (χ0n) is 8.42. The molecule has 0 bridgehead atoms. The van der Waals surface area contributed by atoms with Crippen molar-refractivity contribution in [2.75, 3.05) is 26.7 Å². The van der Waals surface area contributed by atoms with Crippen LogP contribution in [0.25, 0.3) is 0 Å². The smallest absolute Gasteiger partial charge is 0.100 e. The Hall–Kier alpha value is -0.570. The summed E-state index contributed by atoms with van der Waals surface area (Å²) in [6.07, 6.45) is 5.19. The van der Waals surface area contributed by atoms with Crippen molar-refractivity contribution in [1.29, 1.82) is 0 Å². The third-order valence-corrected chi connectivity index (χ3v) is 3.01. The molecule has 0 radical (unpaired) electrons. The van der Waals surface area contributed by atoms with Crippen molar-refractivity contribution in [3.63, 3.8) is 0 Å². The molecule has 1 N–H and O–H groups in total. The van der Waals surface area contributed by atoms with Crippen LogP contribution < -0.4 is 5.32 Å². The van der Waals surface area contributed by atoms with E-state index < -0.39 is 0 Å². The summed E-state index contributed by atoms with van der Waals surface area (Å²) in [6.45, 7) is 3.31. The SMILES string of the molecule is CN1CCN=C1CC1CCCCN1. The van der Waals surface area contributed by atoms with Gasteiger partial charge in [0.2, 0.25) is 0 Å². The summed E-state index contributed by atoms with van der Waals surface area (Å²) in [6, 6.07) is 0.688. The molecule has 0 saturated carbocycles. The van der Waals surface area contributed by atoms with E-state index >= 15 is 0 Å². The molecule has 0 amide bonds. The van der Waals surface area contributed by atoms with Crippen molar-refractivity contribution in [1.82, 2.24) is 10.2 Å². The normalized spacial score (nSPS) is 29.2. The summed E-state index contributed by atoms with van der Waals surface area (Å²) in [5, 5.41) is 3.56. The maximum Gasteiger partial charge on any atom is 0.100 e.